The standard InChI is InChI=1S/C11H17BrN4O3S/c1-7(9-3-2-4-19-9)16-20(17,18)10-5-8(12)6-14-11(10)15-13/h5-7,9,16H,2-4,13H2,1H3,(H,14,15). The second-order valence-corrected chi connectivity index (χ2v) is 7.20. The molecule has 1 aliphatic heterocycles. The van der Waals surface area contributed by atoms with Gasteiger partial charge in [0.2, 0.25) is 10.0 Å². The van der Waals surface area contributed by atoms with Gasteiger partial charge < -0.3 is 10.2 Å². The predicted octanol–water partition coefficient (Wildman–Crippen LogP) is 0.975. The number of ether oxygens (including phenoxy) is 1. The number of aromatic nitrogens is 1. The molecular weight excluding hydrogens is 348 g/mol. The van der Waals surface area contributed by atoms with Gasteiger partial charge in [0.1, 0.15) is 4.90 Å². The Balaban J connectivity index is 2.23. The summed E-state index contributed by atoms with van der Waals surface area (Å²) in [5, 5.41) is 0. The molecule has 0 spiro atoms. The van der Waals surface area contributed by atoms with Gasteiger partial charge >= 0.3 is 0 Å². The Bertz CT molecular complexity index is 575. The van der Waals surface area contributed by atoms with Crippen molar-refractivity contribution in [3.8, 4) is 0 Å². The summed E-state index contributed by atoms with van der Waals surface area (Å²) < 4.78 is 33.5. The Morgan fingerprint density at radius 3 is 2.95 bits per heavy atom. The number of halogens is 1. The predicted molar refractivity (Wildman–Crippen MR) is 78.5 cm³/mol. The highest BCUT2D eigenvalue weighted by molar-refractivity contribution is 9.10. The first-order valence-electron chi connectivity index (χ1n) is 6.20. The lowest BCUT2D eigenvalue weighted by atomic mass is 10.1. The number of anilines is 1. The van der Waals surface area contributed by atoms with Crippen LogP contribution in [0.1, 0.15) is 19.8 Å². The molecule has 1 aromatic rings. The highest BCUT2D eigenvalue weighted by atomic mass is 79.9. The summed E-state index contributed by atoms with van der Waals surface area (Å²) in [7, 11) is -3.73. The van der Waals surface area contributed by atoms with Crippen LogP contribution in [0.15, 0.2) is 21.6 Å². The second-order valence-electron chi connectivity index (χ2n) is 4.61. The highest BCUT2D eigenvalue weighted by Gasteiger charge is 2.28. The molecule has 9 heteroatoms. The minimum Gasteiger partial charge on any atom is -0.377 e. The smallest absolute Gasteiger partial charge is 0.244 e. The molecule has 20 heavy (non-hydrogen) atoms. The Morgan fingerprint density at radius 2 is 2.35 bits per heavy atom. The molecule has 1 aromatic heterocycles. The van der Waals surface area contributed by atoms with Crippen molar-refractivity contribution in [2.75, 3.05) is 12.0 Å². The van der Waals surface area contributed by atoms with Crippen LogP contribution in [-0.2, 0) is 14.8 Å². The van der Waals surface area contributed by atoms with Gasteiger partial charge in [-0.15, -0.1) is 0 Å². The van der Waals surface area contributed by atoms with Crippen molar-refractivity contribution >= 4 is 31.8 Å². The quantitative estimate of drug-likeness (QED) is 0.531. The van der Waals surface area contributed by atoms with E-state index in [2.05, 4.69) is 31.1 Å². The number of hydrogen-bond acceptors (Lipinski definition) is 6. The molecule has 2 heterocycles. The average Bonchev–Trinajstić information content (AvgIpc) is 2.92. The number of pyridine rings is 1. The minimum atomic E-state index is -3.73. The Hall–Kier alpha value is -0.740. The van der Waals surface area contributed by atoms with Gasteiger partial charge in [0, 0.05) is 23.3 Å². The third-order valence-electron chi connectivity index (χ3n) is 3.11. The first-order chi connectivity index (χ1) is 9.44. The zero-order chi connectivity index (χ0) is 14.8. The third-order valence-corrected chi connectivity index (χ3v) is 5.12. The maximum Gasteiger partial charge on any atom is 0.244 e. The molecule has 1 saturated heterocycles. The lowest BCUT2D eigenvalue weighted by Gasteiger charge is -2.20. The Kier molecular flexibility index (Phi) is 4.97. The molecule has 0 amide bonds. The number of nitrogens with one attached hydrogen (secondary N) is 2. The van der Waals surface area contributed by atoms with Crippen molar-refractivity contribution in [1.82, 2.24) is 9.71 Å². The number of rotatable bonds is 5. The minimum absolute atomic E-state index is 0.000720. The molecule has 2 unspecified atom stereocenters. The molecule has 1 fully saturated rings. The lowest BCUT2D eigenvalue weighted by molar-refractivity contribution is 0.0902. The number of sulfonamides is 1. The monoisotopic (exact) mass is 364 g/mol. The highest BCUT2D eigenvalue weighted by Crippen LogP contribution is 2.23. The van der Waals surface area contributed by atoms with Crippen LogP contribution in [-0.4, -0.2) is 32.2 Å². The van der Waals surface area contributed by atoms with Gasteiger partial charge in [-0.3, -0.25) is 0 Å². The van der Waals surface area contributed by atoms with E-state index in [-0.39, 0.29) is 22.9 Å². The summed E-state index contributed by atoms with van der Waals surface area (Å²) >= 11 is 3.20. The number of hydrazine groups is 1. The number of nitrogens with two attached hydrogens (primary N) is 1. The fourth-order valence-corrected chi connectivity index (χ4v) is 4.01. The van der Waals surface area contributed by atoms with Crippen molar-refractivity contribution < 1.29 is 13.2 Å². The number of nitrogen functional groups attached to an aromatic ring is 1. The maximum atomic E-state index is 12.4. The van der Waals surface area contributed by atoms with Crippen LogP contribution in [0.25, 0.3) is 0 Å². The first kappa shape index (κ1) is 15.6. The van der Waals surface area contributed by atoms with Crippen molar-refractivity contribution in [2.24, 2.45) is 5.84 Å². The topological polar surface area (TPSA) is 106 Å². The average molecular weight is 365 g/mol. The van der Waals surface area contributed by atoms with Gasteiger partial charge in [-0.2, -0.15) is 0 Å². The van der Waals surface area contributed by atoms with Crippen molar-refractivity contribution in [2.45, 2.75) is 36.8 Å². The van der Waals surface area contributed by atoms with Gasteiger partial charge in [-0.25, -0.2) is 24.0 Å². The zero-order valence-corrected chi connectivity index (χ0v) is 13.4. The van der Waals surface area contributed by atoms with Crippen LogP contribution in [0.5, 0.6) is 0 Å². The van der Waals surface area contributed by atoms with E-state index >= 15 is 0 Å². The summed E-state index contributed by atoms with van der Waals surface area (Å²) in [5.41, 5.74) is 2.29. The maximum absolute atomic E-state index is 12.4. The van der Waals surface area contributed by atoms with E-state index in [4.69, 9.17) is 10.6 Å². The summed E-state index contributed by atoms with van der Waals surface area (Å²) in [6.07, 6.45) is 3.17. The molecule has 0 aliphatic carbocycles. The molecule has 0 radical (unpaired) electrons. The van der Waals surface area contributed by atoms with Crippen LogP contribution in [0.4, 0.5) is 5.82 Å². The fourth-order valence-electron chi connectivity index (χ4n) is 2.11. The summed E-state index contributed by atoms with van der Waals surface area (Å²) in [5.74, 6) is 5.40. The summed E-state index contributed by atoms with van der Waals surface area (Å²) in [4.78, 5) is 3.93. The van der Waals surface area contributed by atoms with E-state index in [9.17, 15) is 8.42 Å². The fraction of sp³-hybridized carbons (Fsp3) is 0.545. The van der Waals surface area contributed by atoms with E-state index < -0.39 is 10.0 Å². The van der Waals surface area contributed by atoms with E-state index in [0.717, 1.165) is 12.8 Å². The van der Waals surface area contributed by atoms with Crippen molar-refractivity contribution in [3.63, 3.8) is 0 Å². The van der Waals surface area contributed by atoms with E-state index in [0.29, 0.717) is 11.1 Å². The normalized spacial score (nSPS) is 20.9. The van der Waals surface area contributed by atoms with Crippen molar-refractivity contribution in [3.05, 3.63) is 16.7 Å². The molecule has 2 atom stereocenters. The van der Waals surface area contributed by atoms with Crippen molar-refractivity contribution in [1.29, 1.82) is 0 Å². The molecule has 112 valence electrons. The Labute approximate surface area is 126 Å². The Morgan fingerprint density at radius 1 is 1.60 bits per heavy atom. The van der Waals surface area contributed by atoms with Crippen LogP contribution in [0, 0.1) is 0 Å². The number of hydrogen-bond donors (Lipinski definition) is 3. The second kappa shape index (κ2) is 6.35. The molecular formula is C11H17BrN4O3S. The van der Waals surface area contributed by atoms with Crippen LogP contribution >= 0.6 is 15.9 Å². The lowest BCUT2D eigenvalue weighted by Crippen LogP contribution is -2.41. The molecule has 1 aliphatic rings. The molecule has 2 rings (SSSR count). The van der Waals surface area contributed by atoms with Gasteiger partial charge in [0.25, 0.3) is 0 Å². The summed E-state index contributed by atoms with van der Waals surface area (Å²) in [6, 6.07) is 1.14. The number of nitrogens with zero attached hydrogens (tertiary/aromatic N) is 1. The SMILES string of the molecule is CC(NS(=O)(=O)c1cc(Br)cnc1NN)C1CCCO1. The van der Waals surface area contributed by atoms with Gasteiger partial charge in [-0.05, 0) is 41.8 Å². The van der Waals surface area contributed by atoms with Crippen LogP contribution < -0.4 is 16.0 Å². The third kappa shape index (κ3) is 3.47. The van der Waals surface area contributed by atoms with Gasteiger partial charge in [-0.1, -0.05) is 0 Å². The van der Waals surface area contributed by atoms with Crippen LogP contribution in [0.2, 0.25) is 0 Å². The molecule has 0 aromatic carbocycles. The summed E-state index contributed by atoms with van der Waals surface area (Å²) in [6.45, 7) is 2.46. The van der Waals surface area contributed by atoms with Crippen LogP contribution in [0.3, 0.4) is 0 Å². The molecule has 4 N–H and O–H groups in total. The van der Waals surface area contributed by atoms with E-state index in [1.54, 1.807) is 6.92 Å². The molecule has 7 nitrogen and oxygen atoms in total. The van der Waals surface area contributed by atoms with Gasteiger partial charge in [0.05, 0.1) is 6.10 Å². The largest absolute Gasteiger partial charge is 0.377 e. The first-order valence-corrected chi connectivity index (χ1v) is 8.48. The van der Waals surface area contributed by atoms with E-state index in [1.165, 1.54) is 12.3 Å². The van der Waals surface area contributed by atoms with Gasteiger partial charge in [0.15, 0.2) is 5.82 Å². The zero-order valence-electron chi connectivity index (χ0n) is 11.0. The van der Waals surface area contributed by atoms with E-state index in [1.807, 2.05) is 0 Å². The molecule has 0 bridgehead atoms. The molecule has 0 saturated carbocycles.